The smallest absolute Gasteiger partial charge is 0.337 e. The fourth-order valence-electron chi connectivity index (χ4n) is 1.49. The van der Waals surface area contributed by atoms with Gasteiger partial charge < -0.3 is 21.5 Å². The number of nitrogens with one attached hydrogen (secondary N) is 2. The third-order valence-corrected chi connectivity index (χ3v) is 2.51. The average Bonchev–Trinajstić information content (AvgIpc) is 2.35. The number of carboxylic acid groups (broad SMARTS) is 1. The number of rotatable bonds is 5. The molecule has 0 radical (unpaired) electrons. The molecular weight excluding hydrogens is 264 g/mol. The minimum absolute atomic E-state index is 0.0127. The number of nitrogens with two attached hydrogens (primary N) is 1. The second-order valence-corrected chi connectivity index (χ2v) is 4.46. The van der Waals surface area contributed by atoms with Crippen LogP contribution in [-0.2, 0) is 4.79 Å². The lowest BCUT2D eigenvalue weighted by Gasteiger charge is -2.20. The molecule has 8 heteroatoms. The van der Waals surface area contributed by atoms with Gasteiger partial charge in [-0.25, -0.2) is 14.6 Å². The van der Waals surface area contributed by atoms with Gasteiger partial charge >= 0.3 is 12.0 Å². The maximum Gasteiger partial charge on any atom is 0.337 e. The Hall–Kier alpha value is -2.64. The molecule has 1 atom stereocenters. The first kappa shape index (κ1) is 15.4. The molecule has 3 amide bonds. The van der Waals surface area contributed by atoms with Crippen LogP contribution in [0.25, 0.3) is 0 Å². The first-order valence-electron chi connectivity index (χ1n) is 5.87. The topological polar surface area (TPSA) is 134 Å². The molecule has 1 heterocycles. The third kappa shape index (κ3) is 4.23. The van der Waals surface area contributed by atoms with Gasteiger partial charge in [-0.1, -0.05) is 13.8 Å². The highest BCUT2D eigenvalue weighted by molar-refractivity contribution is 5.96. The van der Waals surface area contributed by atoms with Gasteiger partial charge in [0.15, 0.2) is 0 Å². The summed E-state index contributed by atoms with van der Waals surface area (Å²) in [6, 6.07) is 1.08. The number of pyridine rings is 1. The molecular formula is C12H16N4O4. The monoisotopic (exact) mass is 280 g/mol. The van der Waals surface area contributed by atoms with Gasteiger partial charge in [-0.3, -0.25) is 4.79 Å². The highest BCUT2D eigenvalue weighted by atomic mass is 16.4. The summed E-state index contributed by atoms with van der Waals surface area (Å²) in [5, 5.41) is 13.5. The number of aromatic nitrogens is 1. The Morgan fingerprint density at radius 2 is 1.95 bits per heavy atom. The summed E-state index contributed by atoms with van der Waals surface area (Å²) in [6.45, 7) is 3.50. The van der Waals surface area contributed by atoms with Crippen LogP contribution in [0.1, 0.15) is 24.2 Å². The van der Waals surface area contributed by atoms with Crippen LogP contribution in [0.5, 0.6) is 0 Å². The lowest BCUT2D eigenvalue weighted by Crippen LogP contribution is -2.49. The highest BCUT2D eigenvalue weighted by Crippen LogP contribution is 2.08. The van der Waals surface area contributed by atoms with E-state index in [9.17, 15) is 14.4 Å². The van der Waals surface area contributed by atoms with Crippen LogP contribution >= 0.6 is 0 Å². The Balaban J connectivity index is 2.77. The summed E-state index contributed by atoms with van der Waals surface area (Å²) in [5.41, 5.74) is 5.02. The largest absolute Gasteiger partial charge is 0.478 e. The molecule has 8 nitrogen and oxygen atoms in total. The number of aromatic carboxylic acids is 1. The summed E-state index contributed by atoms with van der Waals surface area (Å²) in [6.07, 6.45) is 1.13. The van der Waals surface area contributed by atoms with Crippen molar-refractivity contribution in [3.05, 3.63) is 23.9 Å². The van der Waals surface area contributed by atoms with E-state index in [4.69, 9.17) is 10.8 Å². The fourth-order valence-corrected chi connectivity index (χ4v) is 1.49. The number of anilines is 1. The lowest BCUT2D eigenvalue weighted by molar-refractivity contribution is -0.118. The van der Waals surface area contributed by atoms with E-state index in [2.05, 4.69) is 15.6 Å². The van der Waals surface area contributed by atoms with E-state index in [1.807, 2.05) is 0 Å². The van der Waals surface area contributed by atoms with Gasteiger partial charge in [0.2, 0.25) is 5.91 Å². The Morgan fingerprint density at radius 1 is 1.30 bits per heavy atom. The van der Waals surface area contributed by atoms with Gasteiger partial charge in [0.25, 0.3) is 0 Å². The van der Waals surface area contributed by atoms with Crippen molar-refractivity contribution in [2.45, 2.75) is 19.9 Å². The zero-order valence-electron chi connectivity index (χ0n) is 11.1. The number of hydrogen-bond donors (Lipinski definition) is 4. The summed E-state index contributed by atoms with van der Waals surface area (Å²) >= 11 is 0. The normalized spacial score (nSPS) is 11.8. The summed E-state index contributed by atoms with van der Waals surface area (Å²) in [4.78, 5) is 37.3. The molecule has 5 N–H and O–H groups in total. The highest BCUT2D eigenvalue weighted by Gasteiger charge is 2.23. The Kier molecular flexibility index (Phi) is 5.01. The van der Waals surface area contributed by atoms with Crippen LogP contribution in [0.2, 0.25) is 0 Å². The van der Waals surface area contributed by atoms with Crippen molar-refractivity contribution < 1.29 is 19.5 Å². The number of carboxylic acids is 1. The molecule has 108 valence electrons. The first-order chi connectivity index (χ1) is 9.31. The van der Waals surface area contributed by atoms with Crippen molar-refractivity contribution >= 4 is 23.7 Å². The molecule has 0 aromatic carbocycles. The van der Waals surface area contributed by atoms with Crippen LogP contribution < -0.4 is 16.4 Å². The van der Waals surface area contributed by atoms with Crippen molar-refractivity contribution in [2.75, 3.05) is 5.32 Å². The van der Waals surface area contributed by atoms with Gasteiger partial charge in [-0.2, -0.15) is 0 Å². The molecule has 0 aliphatic carbocycles. The second-order valence-electron chi connectivity index (χ2n) is 4.46. The van der Waals surface area contributed by atoms with Gasteiger partial charge in [0, 0.05) is 6.20 Å². The third-order valence-electron chi connectivity index (χ3n) is 2.51. The van der Waals surface area contributed by atoms with Crippen LogP contribution in [0, 0.1) is 5.92 Å². The van der Waals surface area contributed by atoms with Gasteiger partial charge in [0.1, 0.15) is 11.9 Å². The van der Waals surface area contributed by atoms with Crippen molar-refractivity contribution in [1.29, 1.82) is 0 Å². The fraction of sp³-hybridized carbons (Fsp3) is 0.333. The molecule has 0 spiro atoms. The molecule has 1 aromatic rings. The van der Waals surface area contributed by atoms with E-state index in [-0.39, 0.29) is 17.3 Å². The minimum atomic E-state index is -1.11. The molecule has 0 saturated heterocycles. The molecule has 0 aliphatic heterocycles. The standard InChI is InChI=1S/C12H16N4O4/c1-6(2)9(16-12(13)20)10(17)15-8-4-3-7(5-14-8)11(18)19/h3-6,9H,1-2H3,(H,18,19)(H3,13,16,20)(H,14,15,17). The van der Waals surface area contributed by atoms with Crippen molar-refractivity contribution in [3.8, 4) is 0 Å². The first-order valence-corrected chi connectivity index (χ1v) is 5.87. The van der Waals surface area contributed by atoms with E-state index in [1.165, 1.54) is 12.1 Å². The summed E-state index contributed by atoms with van der Waals surface area (Å²) in [5.74, 6) is -1.56. The molecule has 20 heavy (non-hydrogen) atoms. The number of nitrogens with zero attached hydrogens (tertiary/aromatic N) is 1. The maximum absolute atomic E-state index is 12.0. The number of carbonyl (C=O) groups excluding carboxylic acids is 2. The minimum Gasteiger partial charge on any atom is -0.478 e. The molecule has 1 unspecified atom stereocenters. The SMILES string of the molecule is CC(C)C(NC(N)=O)C(=O)Nc1ccc(C(=O)O)cn1. The predicted octanol–water partition coefficient (Wildman–Crippen LogP) is 0.411. The van der Waals surface area contributed by atoms with Crippen molar-refractivity contribution in [3.63, 3.8) is 0 Å². The number of amides is 3. The number of primary amides is 1. The molecule has 1 aromatic heterocycles. The predicted molar refractivity (Wildman–Crippen MR) is 71.2 cm³/mol. The van der Waals surface area contributed by atoms with Crippen LogP contribution in [0.3, 0.4) is 0 Å². The summed E-state index contributed by atoms with van der Waals surface area (Å²) in [7, 11) is 0. The average molecular weight is 280 g/mol. The quantitative estimate of drug-likeness (QED) is 0.619. The van der Waals surface area contributed by atoms with E-state index >= 15 is 0 Å². The molecule has 0 fully saturated rings. The van der Waals surface area contributed by atoms with Crippen molar-refractivity contribution in [1.82, 2.24) is 10.3 Å². The lowest BCUT2D eigenvalue weighted by atomic mass is 10.0. The zero-order valence-corrected chi connectivity index (χ0v) is 11.1. The van der Waals surface area contributed by atoms with E-state index in [1.54, 1.807) is 13.8 Å². The van der Waals surface area contributed by atoms with E-state index < -0.39 is 23.9 Å². The number of carbonyl (C=O) groups is 3. The van der Waals surface area contributed by atoms with E-state index in [0.29, 0.717) is 0 Å². The number of urea groups is 1. The van der Waals surface area contributed by atoms with Crippen LogP contribution in [0.15, 0.2) is 18.3 Å². The second kappa shape index (κ2) is 6.50. The molecule has 0 saturated carbocycles. The number of hydrogen-bond acceptors (Lipinski definition) is 4. The maximum atomic E-state index is 12.0. The molecule has 0 aliphatic rings. The molecule has 0 bridgehead atoms. The van der Waals surface area contributed by atoms with Crippen molar-refractivity contribution in [2.24, 2.45) is 11.7 Å². The summed E-state index contributed by atoms with van der Waals surface area (Å²) < 4.78 is 0. The Labute approximate surface area is 115 Å². The van der Waals surface area contributed by atoms with Crippen LogP contribution in [0.4, 0.5) is 10.6 Å². The van der Waals surface area contributed by atoms with Gasteiger partial charge in [-0.05, 0) is 18.1 Å². The van der Waals surface area contributed by atoms with Gasteiger partial charge in [-0.15, -0.1) is 0 Å². The Bertz CT molecular complexity index is 513. The molecule has 1 rings (SSSR count). The zero-order chi connectivity index (χ0) is 15.3. The Morgan fingerprint density at radius 3 is 2.35 bits per heavy atom. The van der Waals surface area contributed by atoms with E-state index in [0.717, 1.165) is 6.20 Å². The van der Waals surface area contributed by atoms with Crippen LogP contribution in [-0.4, -0.2) is 34.0 Å². The van der Waals surface area contributed by atoms with Gasteiger partial charge in [0.05, 0.1) is 5.56 Å².